The van der Waals surface area contributed by atoms with Crippen LogP contribution in [-0.4, -0.2) is 63.5 Å². The minimum atomic E-state index is -3.71. The molecule has 1 aliphatic rings. The number of thiazole rings is 1. The zero-order valence-electron chi connectivity index (χ0n) is 18.4. The molecule has 1 N–H and O–H groups in total. The number of hydrogen-bond donors (Lipinski definition) is 1. The van der Waals surface area contributed by atoms with Gasteiger partial charge in [0.2, 0.25) is 10.0 Å². The van der Waals surface area contributed by atoms with Crippen molar-refractivity contribution in [1.82, 2.24) is 9.29 Å². The van der Waals surface area contributed by atoms with Crippen molar-refractivity contribution in [2.75, 3.05) is 50.1 Å². The van der Waals surface area contributed by atoms with Gasteiger partial charge in [0.25, 0.3) is 5.91 Å². The second kappa shape index (κ2) is 10.1. The Labute approximate surface area is 188 Å². The summed E-state index contributed by atoms with van der Waals surface area (Å²) >= 11 is 1.42. The van der Waals surface area contributed by atoms with Crippen LogP contribution in [0.1, 0.15) is 36.0 Å². The van der Waals surface area contributed by atoms with Gasteiger partial charge in [-0.2, -0.15) is 4.31 Å². The van der Waals surface area contributed by atoms with E-state index in [2.05, 4.69) is 24.1 Å². The molecule has 2 heterocycles. The number of amides is 1. The van der Waals surface area contributed by atoms with E-state index in [1.807, 2.05) is 18.9 Å². The summed E-state index contributed by atoms with van der Waals surface area (Å²) in [6.07, 6.45) is 2.58. The van der Waals surface area contributed by atoms with Crippen LogP contribution >= 0.6 is 11.3 Å². The van der Waals surface area contributed by atoms with Crippen molar-refractivity contribution in [3.63, 3.8) is 0 Å². The third-order valence-electron chi connectivity index (χ3n) is 4.99. The standard InChI is InChI=1S/C21H30N4O4S2/c1-5-16-13-22-21(30-16)23-20(26)18-12-17(6-7-19(18)24(4)14-15(2)3)31(27,28)25-8-10-29-11-9-25/h6-7,12-13,15H,5,8-11,14H2,1-4H3,(H,22,23,26). The van der Waals surface area contributed by atoms with E-state index in [0.717, 1.165) is 17.8 Å². The van der Waals surface area contributed by atoms with E-state index < -0.39 is 10.0 Å². The Balaban J connectivity index is 1.97. The first-order valence-electron chi connectivity index (χ1n) is 10.4. The van der Waals surface area contributed by atoms with Gasteiger partial charge in [-0.3, -0.25) is 10.1 Å². The van der Waals surface area contributed by atoms with Gasteiger partial charge in [0.05, 0.1) is 23.7 Å². The van der Waals surface area contributed by atoms with Gasteiger partial charge in [0.1, 0.15) is 0 Å². The summed E-state index contributed by atoms with van der Waals surface area (Å²) in [5.41, 5.74) is 0.991. The number of rotatable bonds is 8. The summed E-state index contributed by atoms with van der Waals surface area (Å²) in [5, 5.41) is 3.33. The van der Waals surface area contributed by atoms with Crippen molar-refractivity contribution in [3.8, 4) is 0 Å². The molecule has 1 aliphatic heterocycles. The number of aromatic nitrogens is 1. The van der Waals surface area contributed by atoms with Crippen LogP contribution in [0, 0.1) is 5.92 Å². The summed E-state index contributed by atoms with van der Waals surface area (Å²) in [7, 11) is -1.81. The molecule has 1 fully saturated rings. The maximum absolute atomic E-state index is 13.2. The zero-order chi connectivity index (χ0) is 22.6. The molecule has 0 saturated carbocycles. The molecule has 1 aromatic carbocycles. The Bertz CT molecular complexity index is 1010. The fourth-order valence-electron chi connectivity index (χ4n) is 3.47. The van der Waals surface area contributed by atoms with Crippen molar-refractivity contribution >= 4 is 38.1 Å². The molecule has 0 unspecified atom stereocenters. The molecule has 10 heteroatoms. The topological polar surface area (TPSA) is 91.8 Å². The smallest absolute Gasteiger partial charge is 0.259 e. The number of aryl methyl sites for hydroxylation is 1. The summed E-state index contributed by atoms with van der Waals surface area (Å²) in [5.74, 6) is 0.00498. The lowest BCUT2D eigenvalue weighted by Gasteiger charge is -2.27. The van der Waals surface area contributed by atoms with E-state index in [0.29, 0.717) is 48.6 Å². The van der Waals surface area contributed by atoms with Crippen LogP contribution in [0.25, 0.3) is 0 Å². The number of nitrogens with one attached hydrogen (secondary N) is 1. The van der Waals surface area contributed by atoms with Gasteiger partial charge < -0.3 is 9.64 Å². The quantitative estimate of drug-likeness (QED) is 0.643. The number of ether oxygens (including phenoxy) is 1. The highest BCUT2D eigenvalue weighted by atomic mass is 32.2. The minimum absolute atomic E-state index is 0.106. The van der Waals surface area contributed by atoms with Crippen LogP contribution < -0.4 is 10.2 Å². The van der Waals surface area contributed by atoms with Crippen LogP contribution in [0.3, 0.4) is 0 Å². The van der Waals surface area contributed by atoms with Gasteiger partial charge in [0.15, 0.2) is 5.13 Å². The van der Waals surface area contributed by atoms with Crippen molar-refractivity contribution < 1.29 is 17.9 Å². The lowest BCUT2D eigenvalue weighted by atomic mass is 10.1. The SMILES string of the molecule is CCc1cnc(NC(=O)c2cc(S(=O)(=O)N3CCOCC3)ccc2N(C)CC(C)C)s1. The number of carbonyl (C=O) groups excluding carboxylic acids is 1. The highest BCUT2D eigenvalue weighted by Gasteiger charge is 2.28. The second-order valence-electron chi connectivity index (χ2n) is 7.91. The summed E-state index contributed by atoms with van der Waals surface area (Å²) < 4.78 is 32.9. The number of benzene rings is 1. The fraction of sp³-hybridized carbons (Fsp3) is 0.524. The monoisotopic (exact) mass is 466 g/mol. The molecule has 2 aromatic rings. The molecule has 0 spiro atoms. The number of sulfonamides is 1. The largest absolute Gasteiger partial charge is 0.379 e. The Kier molecular flexibility index (Phi) is 7.68. The molecule has 1 amide bonds. The average molecular weight is 467 g/mol. The van der Waals surface area contributed by atoms with E-state index in [4.69, 9.17) is 4.74 Å². The molecular formula is C21H30N4O4S2. The Morgan fingerprint density at radius 1 is 1.32 bits per heavy atom. The van der Waals surface area contributed by atoms with Crippen LogP contribution in [-0.2, 0) is 21.2 Å². The van der Waals surface area contributed by atoms with Crippen molar-refractivity contribution in [2.24, 2.45) is 5.92 Å². The van der Waals surface area contributed by atoms with E-state index in [9.17, 15) is 13.2 Å². The average Bonchev–Trinajstić information content (AvgIpc) is 3.21. The molecule has 8 nitrogen and oxygen atoms in total. The van der Waals surface area contributed by atoms with E-state index in [1.165, 1.54) is 21.7 Å². The third-order valence-corrected chi connectivity index (χ3v) is 7.94. The predicted octanol–water partition coefficient (Wildman–Crippen LogP) is 3.07. The van der Waals surface area contributed by atoms with Gasteiger partial charge in [-0.25, -0.2) is 13.4 Å². The first-order chi connectivity index (χ1) is 14.7. The number of hydrogen-bond acceptors (Lipinski definition) is 7. The number of anilines is 2. The highest BCUT2D eigenvalue weighted by Crippen LogP contribution is 2.28. The van der Waals surface area contributed by atoms with E-state index in [1.54, 1.807) is 18.3 Å². The van der Waals surface area contributed by atoms with Gasteiger partial charge in [-0.05, 0) is 30.5 Å². The Hall–Kier alpha value is -2.01. The van der Waals surface area contributed by atoms with Gasteiger partial charge in [-0.1, -0.05) is 20.8 Å². The zero-order valence-corrected chi connectivity index (χ0v) is 20.1. The fourth-order valence-corrected chi connectivity index (χ4v) is 5.65. The molecule has 0 aliphatic carbocycles. The summed E-state index contributed by atoms with van der Waals surface area (Å²) in [4.78, 5) is 20.6. The molecular weight excluding hydrogens is 436 g/mol. The summed E-state index contributed by atoms with van der Waals surface area (Å²) in [6.45, 7) is 8.28. The van der Waals surface area contributed by atoms with Crippen LogP contribution in [0.2, 0.25) is 0 Å². The maximum Gasteiger partial charge on any atom is 0.259 e. The number of carbonyl (C=O) groups is 1. The highest BCUT2D eigenvalue weighted by molar-refractivity contribution is 7.89. The molecule has 170 valence electrons. The molecule has 0 bridgehead atoms. The van der Waals surface area contributed by atoms with Gasteiger partial charge in [-0.15, -0.1) is 11.3 Å². The molecule has 1 aromatic heterocycles. The second-order valence-corrected chi connectivity index (χ2v) is 11.0. The third kappa shape index (κ3) is 5.62. The Morgan fingerprint density at radius 2 is 2.03 bits per heavy atom. The van der Waals surface area contributed by atoms with E-state index in [-0.39, 0.29) is 10.8 Å². The first kappa shape index (κ1) is 23.6. The van der Waals surface area contributed by atoms with Crippen LogP contribution in [0.5, 0.6) is 0 Å². The van der Waals surface area contributed by atoms with Crippen LogP contribution in [0.4, 0.5) is 10.8 Å². The van der Waals surface area contributed by atoms with Crippen molar-refractivity contribution in [2.45, 2.75) is 32.1 Å². The lowest BCUT2D eigenvalue weighted by molar-refractivity contribution is 0.0730. The van der Waals surface area contributed by atoms with E-state index >= 15 is 0 Å². The summed E-state index contributed by atoms with van der Waals surface area (Å²) in [6, 6.07) is 4.76. The molecule has 31 heavy (non-hydrogen) atoms. The minimum Gasteiger partial charge on any atom is -0.379 e. The van der Waals surface area contributed by atoms with Gasteiger partial charge >= 0.3 is 0 Å². The molecule has 0 atom stereocenters. The van der Waals surface area contributed by atoms with Crippen molar-refractivity contribution in [3.05, 3.63) is 34.8 Å². The molecule has 0 radical (unpaired) electrons. The number of nitrogens with zero attached hydrogens (tertiary/aromatic N) is 3. The normalized spacial score (nSPS) is 15.3. The Morgan fingerprint density at radius 3 is 2.65 bits per heavy atom. The lowest BCUT2D eigenvalue weighted by Crippen LogP contribution is -2.40. The molecule has 1 saturated heterocycles. The van der Waals surface area contributed by atoms with Gasteiger partial charge in [0, 0.05) is 43.4 Å². The maximum atomic E-state index is 13.2. The van der Waals surface area contributed by atoms with Crippen molar-refractivity contribution in [1.29, 1.82) is 0 Å². The predicted molar refractivity (Wildman–Crippen MR) is 124 cm³/mol. The first-order valence-corrected chi connectivity index (χ1v) is 12.7. The van der Waals surface area contributed by atoms with Crippen LogP contribution in [0.15, 0.2) is 29.3 Å². The molecule has 3 rings (SSSR count). The number of morpholine rings is 1.